The molecule has 0 radical (unpaired) electrons. The normalized spacial score (nSPS) is 20.9. The molecule has 126 valence electrons. The molecule has 0 aromatic carbocycles. The number of aromatic nitrogens is 2. The van der Waals surface area contributed by atoms with Gasteiger partial charge in [0.25, 0.3) is 0 Å². The molecule has 1 aliphatic rings. The molecule has 24 heavy (non-hydrogen) atoms. The lowest BCUT2D eigenvalue weighted by molar-refractivity contribution is -0.122. The zero-order chi connectivity index (χ0) is 16.8. The summed E-state index contributed by atoms with van der Waals surface area (Å²) < 4.78 is 0. The molecule has 0 aliphatic heterocycles. The van der Waals surface area contributed by atoms with Crippen molar-refractivity contribution in [3.8, 4) is 0 Å². The van der Waals surface area contributed by atoms with Gasteiger partial charge in [-0.25, -0.2) is 0 Å². The standard InChI is InChI=1S/C19H23N3O2/c23-17-12-15(13-17)18(11-14-6-9-20-10-7-14)22-19(24)5-4-16-3-1-2-8-21-16/h1-3,6-10,15,17-18,23H,4-5,11-13H2,(H,22,24)/t15?,17?,18-/m0/s1. The predicted octanol–water partition coefficient (Wildman–Crippen LogP) is 1.91. The Kier molecular flexibility index (Phi) is 5.54. The van der Waals surface area contributed by atoms with Crippen LogP contribution in [0.25, 0.3) is 0 Å². The number of carbonyl (C=O) groups is 1. The van der Waals surface area contributed by atoms with E-state index < -0.39 is 0 Å². The lowest BCUT2D eigenvalue weighted by Crippen LogP contribution is -2.48. The number of carbonyl (C=O) groups excluding carboxylic acids is 1. The molecule has 1 saturated carbocycles. The third-order valence-corrected chi connectivity index (χ3v) is 4.60. The number of aliphatic hydroxyl groups is 1. The largest absolute Gasteiger partial charge is 0.393 e. The molecule has 2 N–H and O–H groups in total. The van der Waals surface area contributed by atoms with Crippen LogP contribution in [0.2, 0.25) is 0 Å². The summed E-state index contributed by atoms with van der Waals surface area (Å²) in [5.74, 6) is 0.382. The first-order chi connectivity index (χ1) is 11.7. The summed E-state index contributed by atoms with van der Waals surface area (Å²) in [6, 6.07) is 9.75. The van der Waals surface area contributed by atoms with Gasteiger partial charge in [0.15, 0.2) is 0 Å². The summed E-state index contributed by atoms with van der Waals surface area (Å²) >= 11 is 0. The van der Waals surface area contributed by atoms with Gasteiger partial charge >= 0.3 is 0 Å². The number of amides is 1. The molecule has 2 aromatic rings. The van der Waals surface area contributed by atoms with Gasteiger partial charge in [0.2, 0.25) is 5.91 Å². The van der Waals surface area contributed by atoms with Gasteiger partial charge in [-0.05, 0) is 61.4 Å². The molecule has 3 rings (SSSR count). The van der Waals surface area contributed by atoms with Crippen LogP contribution in [0.5, 0.6) is 0 Å². The van der Waals surface area contributed by atoms with Gasteiger partial charge in [0, 0.05) is 36.7 Å². The van der Waals surface area contributed by atoms with E-state index in [1.54, 1.807) is 18.6 Å². The van der Waals surface area contributed by atoms with E-state index in [0.717, 1.165) is 30.5 Å². The highest BCUT2D eigenvalue weighted by Gasteiger charge is 2.34. The van der Waals surface area contributed by atoms with Crippen molar-refractivity contribution in [2.75, 3.05) is 0 Å². The molecule has 1 amide bonds. The fourth-order valence-corrected chi connectivity index (χ4v) is 3.13. The maximum absolute atomic E-state index is 12.3. The number of hydrogen-bond acceptors (Lipinski definition) is 4. The Balaban J connectivity index is 1.55. The van der Waals surface area contributed by atoms with E-state index in [-0.39, 0.29) is 18.1 Å². The van der Waals surface area contributed by atoms with Crippen molar-refractivity contribution >= 4 is 5.91 Å². The Labute approximate surface area is 142 Å². The van der Waals surface area contributed by atoms with Crippen LogP contribution in [-0.2, 0) is 17.6 Å². The number of nitrogens with one attached hydrogen (secondary N) is 1. The van der Waals surface area contributed by atoms with Crippen molar-refractivity contribution in [1.82, 2.24) is 15.3 Å². The van der Waals surface area contributed by atoms with E-state index in [9.17, 15) is 9.90 Å². The molecule has 1 aliphatic carbocycles. The highest BCUT2D eigenvalue weighted by Crippen LogP contribution is 2.31. The fourth-order valence-electron chi connectivity index (χ4n) is 3.13. The number of aliphatic hydroxyl groups excluding tert-OH is 1. The number of pyridine rings is 2. The van der Waals surface area contributed by atoms with Crippen molar-refractivity contribution in [2.24, 2.45) is 5.92 Å². The summed E-state index contributed by atoms with van der Waals surface area (Å²) in [7, 11) is 0. The van der Waals surface area contributed by atoms with Crippen LogP contribution in [0.15, 0.2) is 48.9 Å². The van der Waals surface area contributed by atoms with Crippen molar-refractivity contribution < 1.29 is 9.90 Å². The number of hydrogen-bond donors (Lipinski definition) is 2. The number of aryl methyl sites for hydroxylation is 1. The first kappa shape index (κ1) is 16.6. The monoisotopic (exact) mass is 325 g/mol. The van der Waals surface area contributed by atoms with Crippen LogP contribution in [0.3, 0.4) is 0 Å². The van der Waals surface area contributed by atoms with Crippen LogP contribution < -0.4 is 5.32 Å². The maximum Gasteiger partial charge on any atom is 0.220 e. The minimum Gasteiger partial charge on any atom is -0.393 e. The maximum atomic E-state index is 12.3. The average Bonchev–Trinajstić information content (AvgIpc) is 2.58. The SMILES string of the molecule is O=C(CCc1ccccn1)N[C@@H](Cc1ccncc1)C1CC(O)C1. The summed E-state index contributed by atoms with van der Waals surface area (Å²) in [4.78, 5) is 20.6. The van der Waals surface area contributed by atoms with Gasteiger partial charge in [0.05, 0.1) is 6.10 Å². The summed E-state index contributed by atoms with van der Waals surface area (Å²) in [6.45, 7) is 0. The molecule has 0 unspecified atom stereocenters. The topological polar surface area (TPSA) is 75.1 Å². The Hall–Kier alpha value is -2.27. The van der Waals surface area contributed by atoms with Crippen molar-refractivity contribution in [2.45, 2.75) is 44.2 Å². The van der Waals surface area contributed by atoms with Gasteiger partial charge in [-0.3, -0.25) is 14.8 Å². The van der Waals surface area contributed by atoms with Crippen LogP contribution in [0.1, 0.15) is 30.5 Å². The second-order valence-electron chi connectivity index (χ2n) is 6.44. The first-order valence-corrected chi connectivity index (χ1v) is 8.47. The van der Waals surface area contributed by atoms with E-state index in [1.165, 1.54) is 0 Å². The molecular weight excluding hydrogens is 302 g/mol. The van der Waals surface area contributed by atoms with Crippen LogP contribution in [0.4, 0.5) is 0 Å². The fraction of sp³-hybridized carbons (Fsp3) is 0.421. The molecule has 5 nitrogen and oxygen atoms in total. The smallest absolute Gasteiger partial charge is 0.220 e. The summed E-state index contributed by atoms with van der Waals surface area (Å²) in [5, 5.41) is 12.7. The minimum absolute atomic E-state index is 0.0427. The third kappa shape index (κ3) is 4.61. The molecular formula is C19H23N3O2. The zero-order valence-electron chi connectivity index (χ0n) is 13.6. The van der Waals surface area contributed by atoms with Crippen molar-refractivity contribution in [3.05, 3.63) is 60.2 Å². The molecule has 5 heteroatoms. The van der Waals surface area contributed by atoms with Gasteiger partial charge in [-0.1, -0.05) is 6.07 Å². The lowest BCUT2D eigenvalue weighted by Gasteiger charge is -2.38. The van der Waals surface area contributed by atoms with E-state index in [2.05, 4.69) is 15.3 Å². The van der Waals surface area contributed by atoms with Crippen molar-refractivity contribution in [1.29, 1.82) is 0 Å². The molecule has 1 atom stereocenters. The molecule has 0 bridgehead atoms. The van der Waals surface area contributed by atoms with Crippen molar-refractivity contribution in [3.63, 3.8) is 0 Å². The quantitative estimate of drug-likeness (QED) is 0.815. The lowest BCUT2D eigenvalue weighted by atomic mass is 9.75. The van der Waals surface area contributed by atoms with Crippen LogP contribution >= 0.6 is 0 Å². The van der Waals surface area contributed by atoms with E-state index in [1.807, 2.05) is 30.3 Å². The molecule has 1 fully saturated rings. The Bertz CT molecular complexity index is 642. The van der Waals surface area contributed by atoms with E-state index in [0.29, 0.717) is 18.8 Å². The average molecular weight is 325 g/mol. The van der Waals surface area contributed by atoms with Crippen LogP contribution in [-0.4, -0.2) is 33.1 Å². The summed E-state index contributed by atoms with van der Waals surface area (Å²) in [6.07, 6.45) is 8.42. The molecule has 2 heterocycles. The first-order valence-electron chi connectivity index (χ1n) is 8.47. The number of rotatable bonds is 7. The Morgan fingerprint density at radius 3 is 2.67 bits per heavy atom. The Morgan fingerprint density at radius 1 is 1.21 bits per heavy atom. The second-order valence-corrected chi connectivity index (χ2v) is 6.44. The predicted molar refractivity (Wildman–Crippen MR) is 91.2 cm³/mol. The third-order valence-electron chi connectivity index (χ3n) is 4.60. The van der Waals surface area contributed by atoms with Gasteiger partial charge in [-0.2, -0.15) is 0 Å². The molecule has 0 spiro atoms. The van der Waals surface area contributed by atoms with Gasteiger partial charge < -0.3 is 10.4 Å². The molecule has 2 aromatic heterocycles. The highest BCUT2D eigenvalue weighted by molar-refractivity contribution is 5.76. The minimum atomic E-state index is -0.222. The highest BCUT2D eigenvalue weighted by atomic mass is 16.3. The summed E-state index contributed by atoms with van der Waals surface area (Å²) in [5.41, 5.74) is 2.08. The Morgan fingerprint density at radius 2 is 2.00 bits per heavy atom. The zero-order valence-corrected chi connectivity index (χ0v) is 13.6. The van der Waals surface area contributed by atoms with Gasteiger partial charge in [-0.15, -0.1) is 0 Å². The van der Waals surface area contributed by atoms with Crippen LogP contribution in [0, 0.1) is 5.92 Å². The number of nitrogens with zero attached hydrogens (tertiary/aromatic N) is 2. The molecule has 0 saturated heterocycles. The second kappa shape index (κ2) is 8.02. The van der Waals surface area contributed by atoms with E-state index >= 15 is 0 Å². The van der Waals surface area contributed by atoms with Gasteiger partial charge in [0.1, 0.15) is 0 Å². The van der Waals surface area contributed by atoms with E-state index in [4.69, 9.17) is 0 Å².